The van der Waals surface area contributed by atoms with E-state index in [1.807, 2.05) is 10.6 Å². The third kappa shape index (κ3) is 2.69. The number of carbonyl (C=O) groups is 1. The number of likely N-dealkylation sites (N-methyl/N-ethyl adjacent to an activating group) is 1. The van der Waals surface area contributed by atoms with Gasteiger partial charge in [0.15, 0.2) is 5.78 Å². The van der Waals surface area contributed by atoms with E-state index >= 15 is 0 Å². The summed E-state index contributed by atoms with van der Waals surface area (Å²) in [5.41, 5.74) is 2.65. The number of ketones is 1. The van der Waals surface area contributed by atoms with Crippen LogP contribution in [-0.2, 0) is 13.0 Å². The highest BCUT2D eigenvalue weighted by Gasteiger charge is 2.26. The standard InChI is InChI=1S/C17H24N2O2/c1-12(20)15-10-13-11-18(2)9-8-16(13)19(17(15)21)14-6-4-3-5-7-14/h10,14H,3-9,11H2,1-2H3. The molecular formula is C17H24N2O2. The number of pyridine rings is 1. The summed E-state index contributed by atoms with van der Waals surface area (Å²) in [6, 6.07) is 2.14. The maximum atomic E-state index is 12.8. The number of hydrogen-bond donors (Lipinski definition) is 0. The first kappa shape index (κ1) is 14.5. The molecule has 1 aliphatic heterocycles. The van der Waals surface area contributed by atoms with E-state index in [1.54, 1.807) is 0 Å². The Morgan fingerprint density at radius 2 is 1.95 bits per heavy atom. The van der Waals surface area contributed by atoms with Crippen LogP contribution in [0.2, 0.25) is 0 Å². The van der Waals surface area contributed by atoms with Crippen molar-refractivity contribution in [1.29, 1.82) is 0 Å². The number of fused-ring (bicyclic) bond motifs is 1. The van der Waals surface area contributed by atoms with Gasteiger partial charge in [-0.3, -0.25) is 9.59 Å². The minimum Gasteiger partial charge on any atom is -0.309 e. The Balaban J connectivity index is 2.15. The van der Waals surface area contributed by atoms with Gasteiger partial charge in [0.05, 0.1) is 5.56 Å². The van der Waals surface area contributed by atoms with Crippen LogP contribution in [0.25, 0.3) is 0 Å². The molecule has 114 valence electrons. The molecule has 21 heavy (non-hydrogen) atoms. The molecule has 0 bridgehead atoms. The highest BCUT2D eigenvalue weighted by atomic mass is 16.1. The summed E-state index contributed by atoms with van der Waals surface area (Å²) in [6.07, 6.45) is 6.71. The maximum Gasteiger partial charge on any atom is 0.261 e. The lowest BCUT2D eigenvalue weighted by Gasteiger charge is -2.32. The summed E-state index contributed by atoms with van der Waals surface area (Å²) in [5.74, 6) is -0.111. The van der Waals surface area contributed by atoms with Crippen LogP contribution in [0.5, 0.6) is 0 Å². The smallest absolute Gasteiger partial charge is 0.261 e. The molecule has 4 heteroatoms. The number of nitrogens with zero attached hydrogens (tertiary/aromatic N) is 2. The van der Waals surface area contributed by atoms with E-state index in [0.717, 1.165) is 32.4 Å². The molecule has 0 spiro atoms. The number of carbonyl (C=O) groups excluding carboxylic acids is 1. The van der Waals surface area contributed by atoms with Gasteiger partial charge in [-0.25, -0.2) is 0 Å². The molecule has 1 aromatic heterocycles. The van der Waals surface area contributed by atoms with Crippen molar-refractivity contribution in [3.8, 4) is 0 Å². The molecule has 3 rings (SSSR count). The van der Waals surface area contributed by atoms with E-state index in [-0.39, 0.29) is 11.3 Å². The zero-order chi connectivity index (χ0) is 15.0. The van der Waals surface area contributed by atoms with Gasteiger partial charge in [0.2, 0.25) is 0 Å². The molecule has 1 aliphatic carbocycles. The molecule has 1 saturated carbocycles. The highest BCUT2D eigenvalue weighted by molar-refractivity contribution is 5.93. The van der Waals surface area contributed by atoms with E-state index in [2.05, 4.69) is 11.9 Å². The molecule has 1 fully saturated rings. The average molecular weight is 288 g/mol. The van der Waals surface area contributed by atoms with E-state index in [9.17, 15) is 9.59 Å². The van der Waals surface area contributed by atoms with Crippen LogP contribution in [-0.4, -0.2) is 28.8 Å². The summed E-state index contributed by atoms with van der Waals surface area (Å²) < 4.78 is 1.98. The van der Waals surface area contributed by atoms with Crippen molar-refractivity contribution >= 4 is 5.78 Å². The predicted molar refractivity (Wildman–Crippen MR) is 82.9 cm³/mol. The summed E-state index contributed by atoms with van der Waals surface area (Å²) in [4.78, 5) is 26.9. The molecule has 0 saturated heterocycles. The summed E-state index contributed by atoms with van der Waals surface area (Å²) in [5, 5.41) is 0. The third-order valence-corrected chi connectivity index (χ3v) is 4.92. The quantitative estimate of drug-likeness (QED) is 0.785. The van der Waals surface area contributed by atoms with Gasteiger partial charge in [-0.05, 0) is 38.4 Å². The maximum absolute atomic E-state index is 12.8. The molecule has 2 aliphatic rings. The van der Waals surface area contributed by atoms with Crippen molar-refractivity contribution in [2.45, 2.75) is 58.0 Å². The third-order valence-electron chi connectivity index (χ3n) is 4.92. The Morgan fingerprint density at radius 3 is 2.62 bits per heavy atom. The van der Waals surface area contributed by atoms with Crippen molar-refractivity contribution in [3.63, 3.8) is 0 Å². The lowest BCUT2D eigenvalue weighted by atomic mass is 9.93. The Kier molecular flexibility index (Phi) is 3.98. The van der Waals surface area contributed by atoms with Crippen molar-refractivity contribution in [2.24, 2.45) is 0 Å². The first-order valence-electron chi connectivity index (χ1n) is 8.04. The van der Waals surface area contributed by atoms with Crippen LogP contribution in [0.1, 0.15) is 66.7 Å². The van der Waals surface area contributed by atoms with Crippen LogP contribution in [0, 0.1) is 0 Å². The molecular weight excluding hydrogens is 264 g/mol. The Morgan fingerprint density at radius 1 is 1.24 bits per heavy atom. The molecule has 0 atom stereocenters. The van der Waals surface area contributed by atoms with Crippen LogP contribution in [0.4, 0.5) is 0 Å². The zero-order valence-electron chi connectivity index (χ0n) is 13.0. The topological polar surface area (TPSA) is 42.3 Å². The Labute approximate surface area is 125 Å². The lowest BCUT2D eigenvalue weighted by molar-refractivity contribution is 0.101. The van der Waals surface area contributed by atoms with Gasteiger partial charge in [-0.2, -0.15) is 0 Å². The van der Waals surface area contributed by atoms with Gasteiger partial charge < -0.3 is 9.47 Å². The number of hydrogen-bond acceptors (Lipinski definition) is 3. The second-order valence-corrected chi connectivity index (χ2v) is 6.54. The molecule has 0 radical (unpaired) electrons. The molecule has 1 aromatic rings. The van der Waals surface area contributed by atoms with E-state index in [0.29, 0.717) is 11.6 Å². The van der Waals surface area contributed by atoms with Gasteiger partial charge in [-0.15, -0.1) is 0 Å². The van der Waals surface area contributed by atoms with Gasteiger partial charge in [-0.1, -0.05) is 19.3 Å². The van der Waals surface area contributed by atoms with Crippen molar-refractivity contribution < 1.29 is 4.79 Å². The Bertz CT molecular complexity index is 612. The normalized spacial score (nSPS) is 20.3. The van der Waals surface area contributed by atoms with E-state index in [4.69, 9.17) is 0 Å². The minimum atomic E-state index is -0.111. The second kappa shape index (κ2) is 5.76. The van der Waals surface area contributed by atoms with E-state index < -0.39 is 0 Å². The fourth-order valence-corrected chi connectivity index (χ4v) is 3.79. The SMILES string of the molecule is CC(=O)c1cc2c(n(C3CCCCC3)c1=O)CCN(C)C2. The molecule has 0 amide bonds. The van der Waals surface area contributed by atoms with Crippen molar-refractivity contribution in [3.05, 3.63) is 33.2 Å². The lowest BCUT2D eigenvalue weighted by Crippen LogP contribution is -2.38. The zero-order valence-corrected chi connectivity index (χ0v) is 13.0. The first-order valence-corrected chi connectivity index (χ1v) is 8.04. The first-order chi connectivity index (χ1) is 10.1. The average Bonchev–Trinajstić information content (AvgIpc) is 2.47. The van der Waals surface area contributed by atoms with E-state index in [1.165, 1.54) is 37.4 Å². The Hall–Kier alpha value is -1.42. The van der Waals surface area contributed by atoms with Gasteiger partial charge in [0.1, 0.15) is 0 Å². The van der Waals surface area contributed by atoms with Gasteiger partial charge in [0.25, 0.3) is 5.56 Å². The summed E-state index contributed by atoms with van der Waals surface area (Å²) >= 11 is 0. The molecule has 0 aromatic carbocycles. The highest BCUT2D eigenvalue weighted by Crippen LogP contribution is 2.30. The monoisotopic (exact) mass is 288 g/mol. The number of Topliss-reactive ketones (excluding diaryl/α,β-unsaturated/α-hetero) is 1. The summed E-state index contributed by atoms with van der Waals surface area (Å²) in [6.45, 7) is 3.32. The fraction of sp³-hybridized carbons (Fsp3) is 0.647. The molecule has 2 heterocycles. The van der Waals surface area contributed by atoms with Crippen LogP contribution >= 0.6 is 0 Å². The fourth-order valence-electron chi connectivity index (χ4n) is 3.79. The minimum absolute atomic E-state index is 0.0577. The molecule has 0 unspecified atom stereocenters. The largest absolute Gasteiger partial charge is 0.309 e. The van der Waals surface area contributed by atoms with Crippen LogP contribution < -0.4 is 5.56 Å². The second-order valence-electron chi connectivity index (χ2n) is 6.54. The summed E-state index contributed by atoms with van der Waals surface area (Å²) in [7, 11) is 2.09. The van der Waals surface area contributed by atoms with Crippen LogP contribution in [0.3, 0.4) is 0 Å². The number of aromatic nitrogens is 1. The van der Waals surface area contributed by atoms with Crippen LogP contribution in [0.15, 0.2) is 10.9 Å². The molecule has 0 N–H and O–H groups in total. The van der Waals surface area contributed by atoms with Gasteiger partial charge >= 0.3 is 0 Å². The van der Waals surface area contributed by atoms with Crippen molar-refractivity contribution in [2.75, 3.05) is 13.6 Å². The predicted octanol–water partition coefficient (Wildman–Crippen LogP) is 2.54. The number of rotatable bonds is 2. The van der Waals surface area contributed by atoms with Crippen molar-refractivity contribution in [1.82, 2.24) is 9.47 Å². The molecule has 4 nitrogen and oxygen atoms in total. The van der Waals surface area contributed by atoms with Gasteiger partial charge in [0, 0.05) is 31.2 Å².